The van der Waals surface area contributed by atoms with E-state index in [0.29, 0.717) is 43.1 Å². The second kappa shape index (κ2) is 10.4. The van der Waals surface area contributed by atoms with Crippen molar-refractivity contribution in [2.45, 2.75) is 56.5 Å². The zero-order valence-electron chi connectivity index (χ0n) is 21.0. The second-order valence-electron chi connectivity index (χ2n) is 10.4. The standard InChI is InChI=1S/C27H34FN5O3S/c1-37(35,36)32-23-11-5-7-19(16-23)15-20-18-29-14-13-27(20)25(30-22-9-3-2-4-10-22)31-26(34)33(27)24-12-6-8-21(28)17-24/h5-8,11-12,16-17,20,22,29,32H,2-4,9-10,13-15,18H2,1H3,(H,30,31,34). The Morgan fingerprint density at radius 1 is 1.14 bits per heavy atom. The third-order valence-corrected chi connectivity index (χ3v) is 8.29. The number of amides is 2. The number of amidine groups is 1. The minimum Gasteiger partial charge on any atom is -0.369 e. The summed E-state index contributed by atoms with van der Waals surface area (Å²) in [5.74, 6) is 0.184. The highest BCUT2D eigenvalue weighted by molar-refractivity contribution is 7.92. The number of sulfonamides is 1. The van der Waals surface area contributed by atoms with Crippen molar-refractivity contribution in [3.63, 3.8) is 0 Å². The molecule has 2 aliphatic heterocycles. The number of carbonyl (C=O) groups excluding carboxylic acids is 1. The fraction of sp³-hybridized carbons (Fsp3) is 0.481. The summed E-state index contributed by atoms with van der Waals surface area (Å²) < 4.78 is 40.4. The van der Waals surface area contributed by atoms with Gasteiger partial charge in [0.05, 0.1) is 6.26 Å². The Bertz CT molecular complexity index is 1290. The number of urea groups is 1. The van der Waals surface area contributed by atoms with Gasteiger partial charge in [0.2, 0.25) is 10.0 Å². The molecule has 2 aromatic rings. The predicted molar refractivity (Wildman–Crippen MR) is 144 cm³/mol. The van der Waals surface area contributed by atoms with Crippen LogP contribution in [0.3, 0.4) is 0 Å². The summed E-state index contributed by atoms with van der Waals surface area (Å²) in [5.41, 5.74) is 1.16. The van der Waals surface area contributed by atoms with Gasteiger partial charge in [-0.05, 0) is 68.1 Å². The van der Waals surface area contributed by atoms with Gasteiger partial charge < -0.3 is 10.6 Å². The molecule has 10 heteroatoms. The van der Waals surface area contributed by atoms with Gasteiger partial charge in [0.25, 0.3) is 0 Å². The lowest BCUT2D eigenvalue weighted by atomic mass is 9.73. The molecule has 1 aliphatic carbocycles. The molecular weight excluding hydrogens is 493 g/mol. The minimum absolute atomic E-state index is 0.0840. The van der Waals surface area contributed by atoms with Gasteiger partial charge in [-0.25, -0.2) is 17.6 Å². The van der Waals surface area contributed by atoms with Crippen LogP contribution in [0.4, 0.5) is 20.6 Å². The van der Waals surface area contributed by atoms with Crippen LogP contribution in [-0.2, 0) is 16.4 Å². The number of rotatable bonds is 6. The van der Waals surface area contributed by atoms with Gasteiger partial charge in [-0.1, -0.05) is 37.5 Å². The number of carbonyl (C=O) groups is 1. The van der Waals surface area contributed by atoms with Crippen molar-refractivity contribution < 1.29 is 17.6 Å². The van der Waals surface area contributed by atoms with Crippen molar-refractivity contribution in [3.8, 4) is 0 Å². The van der Waals surface area contributed by atoms with Crippen molar-refractivity contribution in [1.29, 1.82) is 0 Å². The van der Waals surface area contributed by atoms with Crippen molar-refractivity contribution >= 4 is 33.3 Å². The molecule has 8 nitrogen and oxygen atoms in total. The van der Waals surface area contributed by atoms with Crippen LogP contribution in [0.15, 0.2) is 53.5 Å². The molecule has 2 fully saturated rings. The molecule has 0 aromatic heterocycles. The fourth-order valence-corrected chi connectivity index (χ4v) is 6.66. The molecule has 3 aliphatic rings. The molecule has 0 radical (unpaired) electrons. The molecule has 5 rings (SSSR count). The van der Waals surface area contributed by atoms with Crippen molar-refractivity contribution in [1.82, 2.24) is 10.6 Å². The Kier molecular flexibility index (Phi) is 7.22. The number of anilines is 2. The van der Waals surface area contributed by atoms with E-state index < -0.39 is 21.4 Å². The molecule has 2 atom stereocenters. The van der Waals surface area contributed by atoms with E-state index in [9.17, 15) is 17.6 Å². The zero-order chi connectivity index (χ0) is 26.0. The minimum atomic E-state index is -3.41. The lowest BCUT2D eigenvalue weighted by molar-refractivity contribution is 0.233. The van der Waals surface area contributed by atoms with Gasteiger partial charge in [0, 0.05) is 29.9 Å². The highest BCUT2D eigenvalue weighted by atomic mass is 32.2. The first-order valence-electron chi connectivity index (χ1n) is 13.0. The number of piperidine rings is 1. The van der Waals surface area contributed by atoms with Crippen LogP contribution in [0.25, 0.3) is 0 Å². The molecule has 2 unspecified atom stereocenters. The van der Waals surface area contributed by atoms with Crippen molar-refractivity contribution in [3.05, 3.63) is 59.9 Å². The monoisotopic (exact) mass is 527 g/mol. The Hall–Kier alpha value is -2.98. The average Bonchev–Trinajstić information content (AvgIpc) is 3.11. The SMILES string of the molecule is CS(=O)(=O)Nc1cccc(CC2CNCCC23C(NC2CCCCC2)=NC(=O)N3c2cccc(F)c2)c1. The Balaban J connectivity index is 1.54. The Labute approximate surface area is 217 Å². The van der Waals surface area contributed by atoms with Gasteiger partial charge in [-0.15, -0.1) is 0 Å². The summed E-state index contributed by atoms with van der Waals surface area (Å²) in [5, 5.41) is 7.13. The maximum atomic E-state index is 14.3. The molecule has 1 spiro atoms. The lowest BCUT2D eigenvalue weighted by Crippen LogP contribution is -2.67. The molecule has 2 heterocycles. The number of halogens is 1. The number of benzene rings is 2. The maximum absolute atomic E-state index is 14.3. The summed E-state index contributed by atoms with van der Waals surface area (Å²) >= 11 is 0. The summed E-state index contributed by atoms with van der Waals surface area (Å²) in [6.07, 6.45) is 7.90. The zero-order valence-corrected chi connectivity index (χ0v) is 21.9. The number of nitrogens with zero attached hydrogens (tertiary/aromatic N) is 2. The van der Waals surface area contributed by atoms with Crippen LogP contribution in [0.2, 0.25) is 0 Å². The first kappa shape index (κ1) is 25.7. The highest BCUT2D eigenvalue weighted by Gasteiger charge is 2.56. The van der Waals surface area contributed by atoms with E-state index in [1.165, 1.54) is 18.6 Å². The summed E-state index contributed by atoms with van der Waals surface area (Å²) in [4.78, 5) is 19.7. The van der Waals surface area contributed by atoms with Gasteiger partial charge in [0.1, 0.15) is 17.2 Å². The average molecular weight is 528 g/mol. The molecule has 37 heavy (non-hydrogen) atoms. The van der Waals surface area contributed by atoms with E-state index in [0.717, 1.165) is 37.5 Å². The highest BCUT2D eigenvalue weighted by Crippen LogP contribution is 2.42. The predicted octanol–water partition coefficient (Wildman–Crippen LogP) is 4.05. The summed E-state index contributed by atoms with van der Waals surface area (Å²) in [7, 11) is -3.41. The first-order chi connectivity index (χ1) is 17.7. The smallest absolute Gasteiger partial charge is 0.350 e. The van der Waals surface area contributed by atoms with Gasteiger partial charge >= 0.3 is 6.03 Å². The third kappa shape index (κ3) is 5.50. The number of hydrogen-bond donors (Lipinski definition) is 3. The van der Waals surface area contributed by atoms with E-state index in [4.69, 9.17) is 0 Å². The van der Waals surface area contributed by atoms with Crippen LogP contribution < -0.4 is 20.3 Å². The maximum Gasteiger partial charge on any atom is 0.350 e. The van der Waals surface area contributed by atoms with E-state index in [2.05, 4.69) is 20.3 Å². The number of aliphatic imine (C=N–C) groups is 1. The lowest BCUT2D eigenvalue weighted by Gasteiger charge is -2.48. The van der Waals surface area contributed by atoms with Crippen LogP contribution in [0.1, 0.15) is 44.1 Å². The summed E-state index contributed by atoms with van der Waals surface area (Å²) in [6.45, 7) is 1.32. The van der Waals surface area contributed by atoms with E-state index in [1.54, 1.807) is 23.1 Å². The van der Waals surface area contributed by atoms with Crippen molar-refractivity contribution in [2.24, 2.45) is 10.9 Å². The normalized spacial score (nSPS) is 24.8. The molecule has 2 aromatic carbocycles. The Morgan fingerprint density at radius 3 is 2.68 bits per heavy atom. The van der Waals surface area contributed by atoms with Gasteiger partial charge in [-0.3, -0.25) is 9.62 Å². The van der Waals surface area contributed by atoms with Gasteiger partial charge in [-0.2, -0.15) is 4.99 Å². The van der Waals surface area contributed by atoms with Crippen LogP contribution in [0, 0.1) is 11.7 Å². The third-order valence-electron chi connectivity index (χ3n) is 7.68. The van der Waals surface area contributed by atoms with E-state index in [-0.39, 0.29) is 18.0 Å². The number of nitrogens with one attached hydrogen (secondary N) is 3. The molecular formula is C27H34FN5O3S. The Morgan fingerprint density at radius 2 is 1.92 bits per heavy atom. The van der Waals surface area contributed by atoms with Crippen LogP contribution in [0.5, 0.6) is 0 Å². The number of hydrogen-bond acceptors (Lipinski definition) is 5. The van der Waals surface area contributed by atoms with Crippen LogP contribution in [-0.4, -0.2) is 51.2 Å². The van der Waals surface area contributed by atoms with E-state index in [1.807, 2.05) is 18.2 Å². The van der Waals surface area contributed by atoms with E-state index >= 15 is 0 Å². The molecule has 198 valence electrons. The largest absolute Gasteiger partial charge is 0.369 e. The van der Waals surface area contributed by atoms with Crippen LogP contribution >= 0.6 is 0 Å². The van der Waals surface area contributed by atoms with Gasteiger partial charge in [0.15, 0.2) is 0 Å². The fourth-order valence-electron chi connectivity index (χ4n) is 6.11. The molecule has 0 bridgehead atoms. The molecule has 1 saturated carbocycles. The molecule has 2 amide bonds. The quantitative estimate of drug-likeness (QED) is 0.526. The topological polar surface area (TPSA) is 103 Å². The molecule has 3 N–H and O–H groups in total. The summed E-state index contributed by atoms with van der Waals surface area (Å²) in [6, 6.07) is 13.4. The second-order valence-corrected chi connectivity index (χ2v) is 12.1. The molecule has 1 saturated heterocycles. The van der Waals surface area contributed by atoms with Crippen molar-refractivity contribution in [2.75, 3.05) is 29.0 Å². The first-order valence-corrected chi connectivity index (χ1v) is 14.9.